The Bertz CT molecular complexity index is 624. The Labute approximate surface area is 146 Å². The van der Waals surface area contributed by atoms with Crippen molar-refractivity contribution < 1.29 is 32.0 Å². The number of halogens is 4. The van der Waals surface area contributed by atoms with Crippen molar-refractivity contribution in [2.45, 2.75) is 44.5 Å². The molecule has 0 radical (unpaired) electrons. The largest absolute Gasteiger partial charge is 0.591 e. The molecule has 0 aliphatic rings. The maximum Gasteiger partial charge on any atom is 0.392 e. The van der Waals surface area contributed by atoms with Crippen LogP contribution in [0.15, 0.2) is 28.7 Å². The van der Waals surface area contributed by atoms with E-state index in [1.165, 1.54) is 12.1 Å². The minimum Gasteiger partial charge on any atom is -0.591 e. The number of benzene rings is 1. The average Bonchev–Trinajstić information content (AvgIpc) is 2.44. The van der Waals surface area contributed by atoms with Gasteiger partial charge < -0.3 is 9.66 Å². The Balaban J connectivity index is 3.27. The summed E-state index contributed by atoms with van der Waals surface area (Å²) < 4.78 is 67.8. The first kappa shape index (κ1) is 21.4. The first-order valence-corrected chi connectivity index (χ1v) is 8.45. The number of carbonyl (C=O) groups is 1. The third-order valence-electron chi connectivity index (χ3n) is 3.22. The predicted molar refractivity (Wildman–Crippen MR) is 87.2 cm³/mol. The van der Waals surface area contributed by atoms with Gasteiger partial charge in [0.15, 0.2) is 0 Å². The van der Waals surface area contributed by atoms with Crippen LogP contribution in [0, 0.1) is 11.7 Å². The van der Waals surface area contributed by atoms with Gasteiger partial charge >= 0.3 is 12.1 Å². The molecule has 4 nitrogen and oxygen atoms in total. The molecule has 2 atom stereocenters. The number of carboxylic acids is 1. The summed E-state index contributed by atoms with van der Waals surface area (Å²) in [6.45, 7) is 4.81. The van der Waals surface area contributed by atoms with E-state index in [1.54, 1.807) is 20.8 Å². The van der Waals surface area contributed by atoms with Gasteiger partial charge in [-0.15, -0.1) is 0 Å². The molecule has 0 amide bonds. The van der Waals surface area contributed by atoms with Crippen molar-refractivity contribution in [2.24, 2.45) is 10.3 Å². The van der Waals surface area contributed by atoms with Crippen LogP contribution in [0.5, 0.6) is 0 Å². The fourth-order valence-electron chi connectivity index (χ4n) is 1.83. The highest BCUT2D eigenvalue weighted by atomic mass is 32.2. The Hall–Kier alpha value is -1.61. The topological polar surface area (TPSA) is 72.7 Å². The van der Waals surface area contributed by atoms with E-state index in [0.717, 1.165) is 12.1 Å². The third kappa shape index (κ3) is 7.03. The Kier molecular flexibility index (Phi) is 7.01. The molecule has 0 fully saturated rings. The van der Waals surface area contributed by atoms with Gasteiger partial charge in [-0.05, 0) is 32.9 Å². The van der Waals surface area contributed by atoms with Crippen molar-refractivity contribution in [3.05, 3.63) is 35.6 Å². The van der Waals surface area contributed by atoms with Gasteiger partial charge in [0.05, 0.1) is 18.1 Å². The van der Waals surface area contributed by atoms with E-state index in [1.807, 2.05) is 0 Å². The highest BCUT2D eigenvalue weighted by Gasteiger charge is 2.42. The van der Waals surface area contributed by atoms with Gasteiger partial charge in [0, 0.05) is 12.0 Å². The summed E-state index contributed by atoms with van der Waals surface area (Å²) in [4.78, 5) is 10.8. The standard InChI is InChI=1S/C16H19F4NO3S/c1-15(2,3)25(24)21-13(10-4-6-12(17)7-5-10)8-11(9-14(22)23)16(18,19)20/h4-7,11H,8-9H2,1-3H3,(H,22,23)/t11-,25+/m0/s1. The second-order valence-corrected chi connectivity index (χ2v) is 8.35. The quantitative estimate of drug-likeness (QED) is 0.458. The molecule has 0 aromatic heterocycles. The highest BCUT2D eigenvalue weighted by molar-refractivity contribution is 7.91. The maximum absolute atomic E-state index is 13.1. The van der Waals surface area contributed by atoms with Crippen LogP contribution in [-0.2, 0) is 16.2 Å². The van der Waals surface area contributed by atoms with Gasteiger partial charge in [-0.2, -0.15) is 13.2 Å². The summed E-state index contributed by atoms with van der Waals surface area (Å²) in [5.74, 6) is -4.37. The van der Waals surface area contributed by atoms with Crippen molar-refractivity contribution in [1.29, 1.82) is 0 Å². The van der Waals surface area contributed by atoms with Gasteiger partial charge in [-0.3, -0.25) is 4.79 Å². The monoisotopic (exact) mass is 381 g/mol. The van der Waals surface area contributed by atoms with Crippen LogP contribution in [0.1, 0.15) is 39.2 Å². The van der Waals surface area contributed by atoms with Crippen molar-refractivity contribution >= 4 is 23.0 Å². The molecular formula is C16H19F4NO3S. The van der Waals surface area contributed by atoms with Crippen molar-refractivity contribution in [1.82, 2.24) is 0 Å². The number of aliphatic carboxylic acids is 1. The number of hydrogen-bond acceptors (Lipinski definition) is 3. The molecule has 140 valence electrons. The highest BCUT2D eigenvalue weighted by Crippen LogP contribution is 2.33. The molecular weight excluding hydrogens is 362 g/mol. The molecule has 0 saturated carbocycles. The average molecular weight is 381 g/mol. The second-order valence-electron chi connectivity index (χ2n) is 6.45. The van der Waals surface area contributed by atoms with Gasteiger partial charge in [0.1, 0.15) is 21.9 Å². The Morgan fingerprint density at radius 2 is 1.72 bits per heavy atom. The lowest BCUT2D eigenvalue weighted by Crippen LogP contribution is -2.30. The third-order valence-corrected chi connectivity index (χ3v) is 4.65. The van der Waals surface area contributed by atoms with Crippen LogP contribution in [-0.4, -0.2) is 32.3 Å². The molecule has 0 aliphatic heterocycles. The molecule has 1 rings (SSSR count). The van der Waals surface area contributed by atoms with Crippen LogP contribution in [0.2, 0.25) is 0 Å². The first-order chi connectivity index (χ1) is 11.3. The minimum absolute atomic E-state index is 0.165. The fraction of sp³-hybridized carbons (Fsp3) is 0.500. The SMILES string of the molecule is CC(C)(C)[S@@+]([O-])N=C(C[C@@H](CC(=O)O)C(F)(F)F)c1ccc(F)cc1. The van der Waals surface area contributed by atoms with Crippen LogP contribution in [0.25, 0.3) is 0 Å². The smallest absolute Gasteiger partial charge is 0.392 e. The van der Waals surface area contributed by atoms with E-state index in [0.29, 0.717) is 0 Å². The fourth-order valence-corrected chi connectivity index (χ4v) is 2.49. The van der Waals surface area contributed by atoms with Crippen LogP contribution >= 0.6 is 0 Å². The zero-order valence-corrected chi connectivity index (χ0v) is 14.7. The molecule has 0 saturated heterocycles. The summed E-state index contributed by atoms with van der Waals surface area (Å²) in [7, 11) is 0. The summed E-state index contributed by atoms with van der Waals surface area (Å²) >= 11 is -1.85. The van der Waals surface area contributed by atoms with Crippen molar-refractivity contribution in [2.75, 3.05) is 0 Å². The predicted octanol–water partition coefficient (Wildman–Crippen LogP) is 4.12. The van der Waals surface area contributed by atoms with E-state index in [-0.39, 0.29) is 11.3 Å². The molecule has 1 aromatic rings. The number of nitrogens with zero attached hydrogens (tertiary/aromatic N) is 1. The van der Waals surface area contributed by atoms with Crippen LogP contribution in [0.4, 0.5) is 17.6 Å². The summed E-state index contributed by atoms with van der Waals surface area (Å²) in [6.07, 6.45) is -6.66. The lowest BCUT2D eigenvalue weighted by Gasteiger charge is -2.22. The lowest BCUT2D eigenvalue weighted by atomic mass is 9.94. The number of rotatable bonds is 6. The van der Waals surface area contributed by atoms with E-state index >= 15 is 0 Å². The molecule has 25 heavy (non-hydrogen) atoms. The van der Waals surface area contributed by atoms with E-state index < -0.39 is 52.8 Å². The van der Waals surface area contributed by atoms with E-state index in [4.69, 9.17) is 5.11 Å². The molecule has 9 heteroatoms. The molecule has 0 aliphatic carbocycles. The molecule has 0 unspecified atom stereocenters. The summed E-state index contributed by atoms with van der Waals surface area (Å²) in [5, 5.41) is 8.73. The Morgan fingerprint density at radius 1 is 1.20 bits per heavy atom. The Morgan fingerprint density at radius 3 is 2.12 bits per heavy atom. The van der Waals surface area contributed by atoms with Gasteiger partial charge in [-0.25, -0.2) is 4.39 Å². The van der Waals surface area contributed by atoms with Crippen LogP contribution in [0.3, 0.4) is 0 Å². The second kappa shape index (κ2) is 8.18. The maximum atomic E-state index is 13.1. The molecule has 1 N–H and O–H groups in total. The minimum atomic E-state index is -4.76. The zero-order chi connectivity index (χ0) is 19.4. The summed E-state index contributed by atoms with van der Waals surface area (Å²) in [6, 6.07) is 4.54. The van der Waals surface area contributed by atoms with Gasteiger partial charge in [0.2, 0.25) is 0 Å². The lowest BCUT2D eigenvalue weighted by molar-refractivity contribution is -0.181. The zero-order valence-electron chi connectivity index (χ0n) is 13.9. The van der Waals surface area contributed by atoms with Crippen molar-refractivity contribution in [3.63, 3.8) is 0 Å². The number of alkyl halides is 3. The summed E-state index contributed by atoms with van der Waals surface area (Å²) in [5.41, 5.74) is -0.00419. The van der Waals surface area contributed by atoms with Gasteiger partial charge in [-0.1, -0.05) is 16.5 Å². The molecule has 0 heterocycles. The molecule has 1 aromatic carbocycles. The van der Waals surface area contributed by atoms with Gasteiger partial charge in [0.25, 0.3) is 0 Å². The molecule has 0 bridgehead atoms. The van der Waals surface area contributed by atoms with E-state index in [9.17, 15) is 26.9 Å². The number of hydrogen-bond donors (Lipinski definition) is 1. The first-order valence-electron chi connectivity index (χ1n) is 7.34. The normalized spacial score (nSPS) is 15.8. The molecule has 0 spiro atoms. The van der Waals surface area contributed by atoms with Crippen molar-refractivity contribution in [3.8, 4) is 0 Å². The van der Waals surface area contributed by atoms with Crippen LogP contribution < -0.4 is 0 Å². The van der Waals surface area contributed by atoms with E-state index in [2.05, 4.69) is 4.40 Å². The number of carboxylic acid groups (broad SMARTS) is 1.